The van der Waals surface area contributed by atoms with Crippen LogP contribution in [0.3, 0.4) is 0 Å². The molecule has 0 saturated carbocycles. The molecule has 0 atom stereocenters. The van der Waals surface area contributed by atoms with Gasteiger partial charge in [0.05, 0.1) is 0 Å². The number of hydrogen-bond acceptors (Lipinski definition) is 2. The van der Waals surface area contributed by atoms with Gasteiger partial charge >= 0.3 is 13.7 Å². The second-order valence-corrected chi connectivity index (χ2v) is 28.7. The van der Waals surface area contributed by atoms with Crippen molar-refractivity contribution in [3.05, 3.63) is 162 Å². The highest BCUT2D eigenvalue weighted by Gasteiger charge is 2.57. The summed E-state index contributed by atoms with van der Waals surface area (Å²) in [6.45, 7) is 28.7. The molecule has 0 aliphatic carbocycles. The maximum absolute atomic E-state index is 2.90. The number of aromatic nitrogens is 2. The molecule has 79 heavy (non-hydrogen) atoms. The van der Waals surface area contributed by atoms with Crippen LogP contribution in [0.1, 0.15) is 105 Å². The van der Waals surface area contributed by atoms with E-state index < -0.39 is 0 Å². The number of aryl methyl sites for hydroxylation is 2. The zero-order valence-electron chi connectivity index (χ0n) is 48.3. The van der Waals surface area contributed by atoms with Crippen LogP contribution in [0.2, 0.25) is 0 Å². The van der Waals surface area contributed by atoms with Gasteiger partial charge in [-0.15, -0.1) is 0 Å². The van der Waals surface area contributed by atoms with Crippen molar-refractivity contribution in [2.24, 2.45) is 14.1 Å². The Balaban J connectivity index is 1.09. The Bertz CT molecular complexity index is 4420. The Morgan fingerprint density at radius 2 is 0.658 bits per heavy atom. The Morgan fingerprint density at radius 1 is 0.291 bits per heavy atom. The van der Waals surface area contributed by atoms with E-state index in [0.717, 1.165) is 0 Å². The van der Waals surface area contributed by atoms with Crippen LogP contribution in [0, 0.1) is 0 Å². The van der Waals surface area contributed by atoms with E-state index in [2.05, 4.69) is 255 Å². The average Bonchev–Trinajstić information content (AvgIpc) is 1.21. The molecular formula is C72H65B3N4. The number of fused-ring (bicyclic) bond motifs is 20. The SMILES string of the molecule is Cn1c2ccccc2c2cc3c(cc21)-c1cc(C(C)(C)C)cc2c1N1B3c3cc(C(C)(C)C)ccc3-c3cc4c5c(c31)B2c1cc(C(C)(C)C)cc2c1N5B(c1cc3c5ccccc5n(C)c3cc1-2)c1cc(C(C)(C)C)ccc1-4. The first-order valence-corrected chi connectivity index (χ1v) is 29.0. The number of benzene rings is 9. The molecular weight excluding hydrogens is 953 g/mol. The highest BCUT2D eigenvalue weighted by molar-refractivity contribution is 7.06. The first-order valence-electron chi connectivity index (χ1n) is 29.0. The molecule has 0 N–H and O–H groups in total. The van der Waals surface area contributed by atoms with Gasteiger partial charge in [0.2, 0.25) is 0 Å². The summed E-state index contributed by atoms with van der Waals surface area (Å²) in [7, 11) is 4.53. The molecule has 0 fully saturated rings. The van der Waals surface area contributed by atoms with E-state index in [0.29, 0.717) is 0 Å². The normalized spacial score (nSPS) is 15.1. The minimum Gasteiger partial charge on any atom is -0.377 e. The number of para-hydroxylation sites is 2. The van der Waals surface area contributed by atoms with Crippen molar-refractivity contribution in [3.63, 3.8) is 0 Å². The minimum atomic E-state index is -0.116. The predicted molar refractivity (Wildman–Crippen MR) is 343 cm³/mol. The standard InChI is InChI=1S/C72H65B3N4/c1-69(2,3)38-23-25-42-52-33-53-43-26-24-39(70(4,5)6)30-55(43)75-57-35-49-45-20-16-18-22-61(45)77(14)63(49)37-47(57)51-28-41(72(10,11)12)32-59-66(51)79(75)68(53)64-67(52)78-65-50(27-40(71(7,8)9)31-58(65)73(59)64)46-36-62-48(34-56(46)74(78)54(42)29-38)44-19-15-17-21-60(44)76(62)13/h15-37H,1-14H3. The molecule has 6 aliphatic heterocycles. The molecule has 17 rings (SSSR count). The zero-order valence-corrected chi connectivity index (χ0v) is 48.3. The third-order valence-corrected chi connectivity index (χ3v) is 20.1. The maximum atomic E-state index is 2.90. The number of hydrogen-bond donors (Lipinski definition) is 0. The van der Waals surface area contributed by atoms with Crippen molar-refractivity contribution in [3.8, 4) is 44.5 Å². The van der Waals surface area contributed by atoms with E-state index in [1.54, 1.807) is 0 Å². The largest absolute Gasteiger partial charge is 0.377 e. The van der Waals surface area contributed by atoms with E-state index >= 15 is 0 Å². The summed E-state index contributed by atoms with van der Waals surface area (Å²) in [5.41, 5.74) is 36.6. The lowest BCUT2D eigenvalue weighted by Crippen LogP contribution is -2.72. The molecule has 4 nitrogen and oxygen atoms in total. The summed E-state index contributed by atoms with van der Waals surface area (Å²) in [4.78, 5) is 5.80. The Hall–Kier alpha value is -7.63. The van der Waals surface area contributed by atoms with E-state index in [1.807, 2.05) is 0 Å². The highest BCUT2D eigenvalue weighted by atomic mass is 15.1. The molecule has 0 amide bonds. The van der Waals surface area contributed by atoms with Crippen LogP contribution >= 0.6 is 0 Å². The van der Waals surface area contributed by atoms with Crippen LogP contribution in [0.4, 0.5) is 22.7 Å². The van der Waals surface area contributed by atoms with Gasteiger partial charge in [-0.25, -0.2) is 0 Å². The smallest absolute Gasteiger partial charge is 0.329 e. The third kappa shape index (κ3) is 5.69. The van der Waals surface area contributed by atoms with Crippen molar-refractivity contribution in [1.82, 2.24) is 9.13 Å². The zero-order chi connectivity index (χ0) is 54.2. The molecule has 0 spiro atoms. The molecule has 0 bridgehead atoms. The summed E-state index contributed by atoms with van der Waals surface area (Å²) >= 11 is 0. The van der Waals surface area contributed by atoms with Gasteiger partial charge < -0.3 is 18.8 Å². The monoisotopic (exact) mass is 1020 g/mol. The lowest BCUT2D eigenvalue weighted by Gasteiger charge is -2.55. The maximum Gasteiger partial charge on any atom is 0.329 e. The van der Waals surface area contributed by atoms with Crippen LogP contribution in [-0.2, 0) is 35.8 Å². The van der Waals surface area contributed by atoms with E-state index in [1.165, 1.54) is 171 Å². The third-order valence-electron chi connectivity index (χ3n) is 20.1. The van der Waals surface area contributed by atoms with Gasteiger partial charge in [0, 0.05) is 103 Å². The van der Waals surface area contributed by atoms with Gasteiger partial charge in [-0.3, -0.25) is 0 Å². The highest BCUT2D eigenvalue weighted by Crippen LogP contribution is 2.57. The molecule has 0 unspecified atom stereocenters. The number of rotatable bonds is 0. The molecule has 382 valence electrons. The Kier molecular flexibility index (Phi) is 8.44. The fraction of sp³-hybridized carbons (Fsp3) is 0.250. The minimum absolute atomic E-state index is 0.0267. The Morgan fingerprint density at radius 3 is 1.06 bits per heavy atom. The van der Waals surface area contributed by atoms with Gasteiger partial charge in [0.15, 0.2) is 0 Å². The lowest BCUT2D eigenvalue weighted by atomic mass is 9.28. The summed E-state index contributed by atoms with van der Waals surface area (Å²) in [5.74, 6) is 0. The van der Waals surface area contributed by atoms with Gasteiger partial charge in [-0.2, -0.15) is 0 Å². The van der Waals surface area contributed by atoms with Crippen molar-refractivity contribution >= 4 is 125 Å². The summed E-state index contributed by atoms with van der Waals surface area (Å²) < 4.78 is 4.87. The molecule has 0 saturated heterocycles. The first kappa shape index (κ1) is 46.3. The van der Waals surface area contributed by atoms with Gasteiger partial charge in [-0.1, -0.05) is 180 Å². The van der Waals surface area contributed by atoms with Crippen molar-refractivity contribution in [2.45, 2.75) is 105 Å². The molecule has 8 heterocycles. The van der Waals surface area contributed by atoms with E-state index in [9.17, 15) is 0 Å². The average molecular weight is 1020 g/mol. The molecule has 6 aliphatic rings. The van der Waals surface area contributed by atoms with Crippen molar-refractivity contribution in [1.29, 1.82) is 0 Å². The molecule has 7 heteroatoms. The topological polar surface area (TPSA) is 16.3 Å². The second-order valence-electron chi connectivity index (χ2n) is 28.7. The van der Waals surface area contributed by atoms with Crippen LogP contribution in [0.5, 0.6) is 0 Å². The van der Waals surface area contributed by atoms with Gasteiger partial charge in [-0.05, 0) is 147 Å². The summed E-state index contributed by atoms with van der Waals surface area (Å²) in [6, 6.07) is 56.8. The fourth-order valence-corrected chi connectivity index (χ4v) is 15.9. The summed E-state index contributed by atoms with van der Waals surface area (Å²) in [5, 5.41) is 5.28. The fourth-order valence-electron chi connectivity index (χ4n) is 15.9. The van der Waals surface area contributed by atoms with E-state index in [4.69, 9.17) is 0 Å². The predicted octanol–water partition coefficient (Wildman–Crippen LogP) is 13.1. The number of anilines is 4. The Labute approximate surface area is 466 Å². The van der Waals surface area contributed by atoms with Crippen LogP contribution in [0.25, 0.3) is 88.1 Å². The van der Waals surface area contributed by atoms with E-state index in [-0.39, 0.29) is 42.1 Å². The van der Waals surface area contributed by atoms with Crippen LogP contribution in [-0.4, -0.2) is 29.5 Å². The van der Waals surface area contributed by atoms with Crippen LogP contribution in [0.15, 0.2) is 140 Å². The first-order chi connectivity index (χ1) is 37.6. The molecule has 9 aromatic carbocycles. The number of nitrogens with zero attached hydrogens (tertiary/aromatic N) is 4. The quantitative estimate of drug-likeness (QED) is 0.141. The lowest BCUT2D eigenvalue weighted by molar-refractivity contribution is 0.590. The molecule has 0 radical (unpaired) electrons. The van der Waals surface area contributed by atoms with Gasteiger partial charge in [0.1, 0.15) is 0 Å². The van der Waals surface area contributed by atoms with Crippen molar-refractivity contribution in [2.75, 3.05) is 9.62 Å². The molecule has 11 aromatic rings. The summed E-state index contributed by atoms with van der Waals surface area (Å²) in [6.07, 6.45) is 0. The second kappa shape index (κ2) is 14.4. The van der Waals surface area contributed by atoms with Crippen LogP contribution < -0.4 is 47.9 Å². The molecule has 2 aromatic heterocycles. The van der Waals surface area contributed by atoms with Gasteiger partial charge in [0.25, 0.3) is 6.71 Å². The van der Waals surface area contributed by atoms with Crippen molar-refractivity contribution < 1.29 is 0 Å².